The van der Waals surface area contributed by atoms with Crippen LogP contribution in [-0.2, 0) is 4.79 Å². The first kappa shape index (κ1) is 14.9. The number of piperidine rings is 1. The van der Waals surface area contributed by atoms with Crippen LogP contribution in [0.15, 0.2) is 18.2 Å². The fourth-order valence-corrected chi connectivity index (χ4v) is 2.63. The van der Waals surface area contributed by atoms with E-state index in [1.807, 2.05) is 30.9 Å². The Kier molecular flexibility index (Phi) is 5.05. The number of amides is 1. The lowest BCUT2D eigenvalue weighted by atomic mass is 10.1. The molecular formula is C17H25NO2. The summed E-state index contributed by atoms with van der Waals surface area (Å²) in [6.45, 7) is 7.88. The second-order valence-corrected chi connectivity index (χ2v) is 5.60. The molecule has 1 amide bonds. The van der Waals surface area contributed by atoms with Gasteiger partial charge in [0.1, 0.15) is 5.75 Å². The van der Waals surface area contributed by atoms with Crippen LogP contribution in [0.3, 0.4) is 0 Å². The molecule has 3 heteroatoms. The molecule has 0 aliphatic carbocycles. The summed E-state index contributed by atoms with van der Waals surface area (Å²) < 4.78 is 6.00. The Hall–Kier alpha value is -1.51. The molecule has 0 radical (unpaired) electrons. The predicted octanol–water partition coefficient (Wildman–Crippen LogP) is 3.47. The molecule has 0 aromatic heterocycles. The normalized spacial score (nSPS) is 16.9. The van der Waals surface area contributed by atoms with Crippen LogP contribution in [0.25, 0.3) is 0 Å². The van der Waals surface area contributed by atoms with Gasteiger partial charge in [0.25, 0.3) is 5.91 Å². The van der Waals surface area contributed by atoms with Crippen LogP contribution >= 0.6 is 0 Å². The van der Waals surface area contributed by atoms with Crippen molar-refractivity contribution in [2.24, 2.45) is 0 Å². The summed E-state index contributed by atoms with van der Waals surface area (Å²) in [5.41, 5.74) is 2.32. The zero-order chi connectivity index (χ0) is 14.5. The van der Waals surface area contributed by atoms with Crippen LogP contribution in [-0.4, -0.2) is 30.0 Å². The summed E-state index contributed by atoms with van der Waals surface area (Å²) in [5, 5.41) is 0. The lowest BCUT2D eigenvalue weighted by molar-refractivity contribution is -0.139. The van der Waals surface area contributed by atoms with Crippen LogP contribution in [0.4, 0.5) is 0 Å². The average molecular weight is 275 g/mol. The molecule has 0 saturated carbocycles. The van der Waals surface area contributed by atoms with Crippen molar-refractivity contribution in [3.05, 3.63) is 29.3 Å². The number of aryl methyl sites for hydroxylation is 1. The fraction of sp³-hybridized carbons (Fsp3) is 0.588. The maximum Gasteiger partial charge on any atom is 0.263 e. The summed E-state index contributed by atoms with van der Waals surface area (Å²) in [4.78, 5) is 14.5. The maximum atomic E-state index is 12.5. The topological polar surface area (TPSA) is 29.5 Å². The number of benzene rings is 1. The third kappa shape index (κ3) is 3.33. The fourth-order valence-electron chi connectivity index (χ4n) is 2.63. The lowest BCUT2D eigenvalue weighted by Crippen LogP contribution is -2.44. The van der Waals surface area contributed by atoms with Crippen molar-refractivity contribution >= 4 is 5.91 Å². The van der Waals surface area contributed by atoms with Crippen molar-refractivity contribution in [2.45, 2.75) is 52.6 Å². The van der Waals surface area contributed by atoms with Gasteiger partial charge in [-0.25, -0.2) is 0 Å². The Balaban J connectivity index is 2.08. The van der Waals surface area contributed by atoms with E-state index >= 15 is 0 Å². The standard InChI is InChI=1S/C17H25NO2/c1-4-15(17(19)18-11-6-5-7-12-18)20-16-10-8-9-13(2)14(16)3/h8-10,15H,4-7,11-12H2,1-3H3/t15-/m0/s1. The minimum Gasteiger partial charge on any atom is -0.480 e. The number of rotatable bonds is 4. The highest BCUT2D eigenvalue weighted by Crippen LogP contribution is 2.23. The Labute approximate surface area is 121 Å². The quantitative estimate of drug-likeness (QED) is 0.842. The van der Waals surface area contributed by atoms with E-state index in [1.54, 1.807) is 0 Å². The highest BCUT2D eigenvalue weighted by Gasteiger charge is 2.26. The van der Waals surface area contributed by atoms with Crippen molar-refractivity contribution in [1.82, 2.24) is 4.90 Å². The van der Waals surface area contributed by atoms with E-state index in [9.17, 15) is 4.79 Å². The van der Waals surface area contributed by atoms with E-state index in [1.165, 1.54) is 12.0 Å². The first-order valence-corrected chi connectivity index (χ1v) is 7.65. The van der Waals surface area contributed by atoms with Gasteiger partial charge in [0, 0.05) is 13.1 Å². The lowest BCUT2D eigenvalue weighted by Gasteiger charge is -2.30. The van der Waals surface area contributed by atoms with Crippen LogP contribution < -0.4 is 4.74 Å². The molecule has 1 aromatic carbocycles. The van der Waals surface area contributed by atoms with Crippen molar-refractivity contribution in [3.8, 4) is 5.75 Å². The van der Waals surface area contributed by atoms with Gasteiger partial charge < -0.3 is 9.64 Å². The zero-order valence-electron chi connectivity index (χ0n) is 12.8. The largest absolute Gasteiger partial charge is 0.480 e. The van der Waals surface area contributed by atoms with E-state index in [-0.39, 0.29) is 12.0 Å². The average Bonchev–Trinajstić information content (AvgIpc) is 2.49. The molecule has 1 saturated heterocycles. The van der Waals surface area contributed by atoms with Gasteiger partial charge in [-0.05, 0) is 56.7 Å². The number of likely N-dealkylation sites (tertiary alicyclic amines) is 1. The molecule has 2 rings (SSSR count). The van der Waals surface area contributed by atoms with Gasteiger partial charge in [-0.3, -0.25) is 4.79 Å². The molecule has 1 aliphatic heterocycles. The Morgan fingerprint density at radius 2 is 1.95 bits per heavy atom. The first-order valence-electron chi connectivity index (χ1n) is 7.65. The van der Waals surface area contributed by atoms with E-state index in [0.29, 0.717) is 6.42 Å². The van der Waals surface area contributed by atoms with Crippen LogP contribution in [0.5, 0.6) is 5.75 Å². The van der Waals surface area contributed by atoms with Crippen molar-refractivity contribution in [3.63, 3.8) is 0 Å². The summed E-state index contributed by atoms with van der Waals surface area (Å²) in [6.07, 6.45) is 3.83. The van der Waals surface area contributed by atoms with Crippen molar-refractivity contribution in [2.75, 3.05) is 13.1 Å². The molecule has 0 spiro atoms. The molecule has 0 bridgehead atoms. The minimum atomic E-state index is -0.353. The number of nitrogens with zero attached hydrogens (tertiary/aromatic N) is 1. The number of carbonyl (C=O) groups excluding carboxylic acids is 1. The van der Waals surface area contributed by atoms with Crippen LogP contribution in [0.2, 0.25) is 0 Å². The van der Waals surface area contributed by atoms with Gasteiger partial charge in [0.2, 0.25) is 0 Å². The molecule has 1 fully saturated rings. The number of hydrogen-bond acceptors (Lipinski definition) is 2. The molecule has 0 N–H and O–H groups in total. The number of ether oxygens (including phenoxy) is 1. The molecule has 1 aromatic rings. The SMILES string of the molecule is CC[C@H](Oc1cccc(C)c1C)C(=O)N1CCCCC1. The van der Waals surface area contributed by atoms with Crippen molar-refractivity contribution < 1.29 is 9.53 Å². The molecule has 3 nitrogen and oxygen atoms in total. The zero-order valence-corrected chi connectivity index (χ0v) is 12.8. The third-order valence-corrected chi connectivity index (χ3v) is 4.14. The van der Waals surface area contributed by atoms with E-state index in [2.05, 4.69) is 13.0 Å². The molecule has 110 valence electrons. The maximum absolute atomic E-state index is 12.5. The molecule has 1 atom stereocenters. The van der Waals surface area contributed by atoms with Gasteiger partial charge in [0.15, 0.2) is 6.10 Å². The molecule has 1 aliphatic rings. The Bertz CT molecular complexity index is 464. The second-order valence-electron chi connectivity index (χ2n) is 5.60. The monoisotopic (exact) mass is 275 g/mol. The molecular weight excluding hydrogens is 250 g/mol. The minimum absolute atomic E-state index is 0.146. The summed E-state index contributed by atoms with van der Waals surface area (Å²) in [6, 6.07) is 6.00. The summed E-state index contributed by atoms with van der Waals surface area (Å²) >= 11 is 0. The van der Waals surface area contributed by atoms with E-state index in [0.717, 1.165) is 37.2 Å². The van der Waals surface area contributed by atoms with Gasteiger partial charge in [-0.15, -0.1) is 0 Å². The number of carbonyl (C=O) groups is 1. The summed E-state index contributed by atoms with van der Waals surface area (Å²) in [7, 11) is 0. The molecule has 0 unspecified atom stereocenters. The Morgan fingerprint density at radius 3 is 2.60 bits per heavy atom. The van der Waals surface area contributed by atoms with Gasteiger partial charge in [-0.1, -0.05) is 19.1 Å². The van der Waals surface area contributed by atoms with Gasteiger partial charge >= 0.3 is 0 Å². The predicted molar refractivity (Wildman–Crippen MR) is 81.1 cm³/mol. The first-order chi connectivity index (χ1) is 9.63. The molecule has 1 heterocycles. The Morgan fingerprint density at radius 1 is 1.25 bits per heavy atom. The van der Waals surface area contributed by atoms with Crippen LogP contribution in [0.1, 0.15) is 43.7 Å². The van der Waals surface area contributed by atoms with Gasteiger partial charge in [-0.2, -0.15) is 0 Å². The van der Waals surface area contributed by atoms with E-state index < -0.39 is 0 Å². The van der Waals surface area contributed by atoms with Crippen molar-refractivity contribution in [1.29, 1.82) is 0 Å². The van der Waals surface area contributed by atoms with Gasteiger partial charge in [0.05, 0.1) is 0 Å². The van der Waals surface area contributed by atoms with E-state index in [4.69, 9.17) is 4.74 Å². The highest BCUT2D eigenvalue weighted by atomic mass is 16.5. The second kappa shape index (κ2) is 6.78. The number of hydrogen-bond donors (Lipinski definition) is 0. The third-order valence-electron chi connectivity index (χ3n) is 4.14. The van der Waals surface area contributed by atoms with Crippen LogP contribution in [0, 0.1) is 13.8 Å². The smallest absolute Gasteiger partial charge is 0.263 e. The summed E-state index contributed by atoms with van der Waals surface area (Å²) in [5.74, 6) is 0.982. The highest BCUT2D eigenvalue weighted by molar-refractivity contribution is 5.81. The molecule has 20 heavy (non-hydrogen) atoms.